The molecule has 1 heterocycles. The van der Waals surface area contributed by atoms with Crippen molar-refractivity contribution in [2.45, 2.75) is 0 Å². The summed E-state index contributed by atoms with van der Waals surface area (Å²) in [5.41, 5.74) is 0. The van der Waals surface area contributed by atoms with Crippen LogP contribution in [0.25, 0.3) is 0 Å². The summed E-state index contributed by atoms with van der Waals surface area (Å²) in [4.78, 5) is 0. The summed E-state index contributed by atoms with van der Waals surface area (Å²) in [6, 6.07) is 0. The second kappa shape index (κ2) is 2.24. The Hall–Kier alpha value is 0.440. The van der Waals surface area contributed by atoms with E-state index in [2.05, 4.69) is 0 Å². The van der Waals surface area contributed by atoms with Gasteiger partial charge in [-0.2, -0.15) is 0 Å². The summed E-state index contributed by atoms with van der Waals surface area (Å²) in [5.74, 6) is 0. The van der Waals surface area contributed by atoms with Gasteiger partial charge in [0.1, 0.15) is 0 Å². The van der Waals surface area contributed by atoms with E-state index in [0.717, 1.165) is 13.1 Å². The Balaban J connectivity index is 2.79. The van der Waals surface area contributed by atoms with Crippen molar-refractivity contribution in [2.24, 2.45) is 0 Å². The second-order valence-corrected chi connectivity index (χ2v) is 5.87. The van der Waals surface area contributed by atoms with Gasteiger partial charge in [0, 0.05) is 13.1 Å². The number of rotatable bonds is 0. The molecule has 0 atom stereocenters. The van der Waals surface area contributed by atoms with Crippen LogP contribution in [-0.2, 0) is 4.57 Å². The Morgan fingerprint density at radius 3 is 1.78 bits per heavy atom. The molecule has 1 aliphatic heterocycles. The SMILES string of the molecule is CN1CCN(C)P1(=O)Cl. The van der Waals surface area contributed by atoms with Crippen LogP contribution in [0.15, 0.2) is 0 Å². The van der Waals surface area contributed by atoms with Gasteiger partial charge in [0.25, 0.3) is 0 Å². The van der Waals surface area contributed by atoms with Gasteiger partial charge in [-0.3, -0.25) is 4.57 Å². The lowest BCUT2D eigenvalue weighted by atomic mass is 10.6. The van der Waals surface area contributed by atoms with Crippen molar-refractivity contribution >= 4 is 18.0 Å². The Kier molecular flexibility index (Phi) is 1.88. The monoisotopic (exact) mass is 168 g/mol. The third-order valence-corrected chi connectivity index (χ3v) is 5.22. The van der Waals surface area contributed by atoms with Crippen LogP contribution in [-0.4, -0.2) is 36.5 Å². The standard InChI is InChI=1S/C4H10ClN2OP/c1-6-3-4-7(2)9(6,5)8/h3-4H2,1-2H3. The molecule has 0 aromatic heterocycles. The van der Waals surface area contributed by atoms with Gasteiger partial charge in [0.15, 0.2) is 0 Å². The van der Waals surface area contributed by atoms with Crippen LogP contribution in [0.4, 0.5) is 0 Å². The first-order chi connectivity index (χ1) is 4.05. The first-order valence-electron chi connectivity index (χ1n) is 2.78. The van der Waals surface area contributed by atoms with Crippen molar-refractivity contribution in [3.8, 4) is 0 Å². The van der Waals surface area contributed by atoms with Gasteiger partial charge in [0.05, 0.1) is 0 Å². The molecule has 0 spiro atoms. The van der Waals surface area contributed by atoms with E-state index in [-0.39, 0.29) is 0 Å². The zero-order chi connectivity index (χ0) is 7.07. The van der Waals surface area contributed by atoms with Crippen molar-refractivity contribution < 1.29 is 4.57 Å². The maximum atomic E-state index is 11.3. The highest BCUT2D eigenvalue weighted by molar-refractivity contribution is 7.85. The lowest BCUT2D eigenvalue weighted by molar-refractivity contribution is 0.507. The molecule has 1 fully saturated rings. The third-order valence-electron chi connectivity index (χ3n) is 1.59. The first-order valence-corrected chi connectivity index (χ1v) is 5.30. The lowest BCUT2D eigenvalue weighted by Gasteiger charge is -2.16. The van der Waals surface area contributed by atoms with Gasteiger partial charge >= 0.3 is 6.80 Å². The average molecular weight is 169 g/mol. The Morgan fingerprint density at radius 2 is 1.67 bits per heavy atom. The van der Waals surface area contributed by atoms with E-state index in [1.165, 1.54) is 0 Å². The van der Waals surface area contributed by atoms with Crippen LogP contribution >= 0.6 is 18.0 Å². The average Bonchev–Trinajstić information content (AvgIpc) is 1.96. The van der Waals surface area contributed by atoms with Crippen molar-refractivity contribution in [1.82, 2.24) is 9.34 Å². The molecule has 54 valence electrons. The second-order valence-electron chi connectivity index (χ2n) is 2.24. The fourth-order valence-electron chi connectivity index (χ4n) is 0.797. The summed E-state index contributed by atoms with van der Waals surface area (Å²) in [6.07, 6.45) is 0. The Morgan fingerprint density at radius 1 is 1.33 bits per heavy atom. The van der Waals surface area contributed by atoms with Crippen molar-refractivity contribution in [1.29, 1.82) is 0 Å². The molecule has 1 aliphatic rings. The molecule has 0 radical (unpaired) electrons. The number of hydrogen-bond donors (Lipinski definition) is 0. The zero-order valence-corrected chi connectivity index (χ0v) is 7.19. The van der Waals surface area contributed by atoms with Gasteiger partial charge in [-0.25, -0.2) is 9.34 Å². The topological polar surface area (TPSA) is 23.6 Å². The zero-order valence-electron chi connectivity index (χ0n) is 5.54. The molecular weight excluding hydrogens is 158 g/mol. The molecule has 0 aromatic carbocycles. The van der Waals surface area contributed by atoms with E-state index < -0.39 is 6.80 Å². The van der Waals surface area contributed by atoms with Crippen LogP contribution in [0.2, 0.25) is 0 Å². The van der Waals surface area contributed by atoms with E-state index >= 15 is 0 Å². The molecule has 0 unspecified atom stereocenters. The van der Waals surface area contributed by atoms with Crippen molar-refractivity contribution in [2.75, 3.05) is 27.2 Å². The van der Waals surface area contributed by atoms with Gasteiger partial charge in [-0.05, 0) is 25.3 Å². The minimum atomic E-state index is -2.59. The molecule has 0 N–H and O–H groups in total. The van der Waals surface area contributed by atoms with Gasteiger partial charge in [0.2, 0.25) is 0 Å². The number of hydrogen-bond acceptors (Lipinski definition) is 1. The van der Waals surface area contributed by atoms with E-state index in [4.69, 9.17) is 11.2 Å². The predicted molar refractivity (Wildman–Crippen MR) is 38.7 cm³/mol. The molecule has 1 rings (SSSR count). The van der Waals surface area contributed by atoms with E-state index in [0.29, 0.717) is 0 Å². The Labute approximate surface area is 59.8 Å². The molecule has 3 nitrogen and oxygen atoms in total. The molecule has 0 amide bonds. The normalized spacial score (nSPS) is 29.2. The van der Waals surface area contributed by atoms with Gasteiger partial charge < -0.3 is 0 Å². The van der Waals surface area contributed by atoms with Gasteiger partial charge in [-0.15, -0.1) is 0 Å². The first kappa shape index (κ1) is 7.55. The minimum Gasteiger partial charge on any atom is -0.271 e. The largest absolute Gasteiger partial charge is 0.304 e. The Bertz CT molecular complexity index is 149. The van der Waals surface area contributed by atoms with Crippen LogP contribution in [0.5, 0.6) is 0 Å². The quantitative estimate of drug-likeness (QED) is 0.508. The highest BCUT2D eigenvalue weighted by Gasteiger charge is 2.35. The lowest BCUT2D eigenvalue weighted by Crippen LogP contribution is -2.07. The maximum absolute atomic E-state index is 11.3. The molecule has 0 aromatic rings. The molecule has 5 heteroatoms. The van der Waals surface area contributed by atoms with Crippen LogP contribution in [0.3, 0.4) is 0 Å². The van der Waals surface area contributed by atoms with Gasteiger partial charge in [-0.1, -0.05) is 0 Å². The number of halogens is 1. The highest BCUT2D eigenvalue weighted by Crippen LogP contribution is 2.59. The molecule has 1 saturated heterocycles. The fourth-order valence-corrected chi connectivity index (χ4v) is 2.44. The molecule has 0 aliphatic carbocycles. The molecular formula is C4H10ClN2OP. The van der Waals surface area contributed by atoms with E-state index in [9.17, 15) is 4.57 Å². The van der Waals surface area contributed by atoms with Crippen molar-refractivity contribution in [3.05, 3.63) is 0 Å². The molecule has 0 saturated carbocycles. The van der Waals surface area contributed by atoms with Crippen LogP contribution in [0.1, 0.15) is 0 Å². The summed E-state index contributed by atoms with van der Waals surface area (Å²) >= 11 is 5.68. The third kappa shape index (κ3) is 1.15. The smallest absolute Gasteiger partial charge is 0.271 e. The van der Waals surface area contributed by atoms with E-state index in [1.807, 2.05) is 0 Å². The van der Waals surface area contributed by atoms with Crippen molar-refractivity contribution in [3.63, 3.8) is 0 Å². The number of likely N-dealkylation sites (N-methyl/N-ethyl adjacent to an activating group) is 2. The fraction of sp³-hybridized carbons (Fsp3) is 1.00. The summed E-state index contributed by atoms with van der Waals surface area (Å²) in [7, 11) is 3.55. The number of nitrogens with zero attached hydrogens (tertiary/aromatic N) is 2. The summed E-state index contributed by atoms with van der Waals surface area (Å²) in [5, 5.41) is 0. The van der Waals surface area contributed by atoms with Crippen LogP contribution in [0, 0.1) is 0 Å². The maximum Gasteiger partial charge on any atom is 0.304 e. The summed E-state index contributed by atoms with van der Waals surface area (Å²) in [6.45, 7) is -0.981. The highest BCUT2D eigenvalue weighted by atomic mass is 35.7. The van der Waals surface area contributed by atoms with E-state index in [1.54, 1.807) is 23.4 Å². The summed E-state index contributed by atoms with van der Waals surface area (Å²) < 4.78 is 14.7. The minimum absolute atomic E-state index is 0.803. The van der Waals surface area contributed by atoms with Crippen LogP contribution < -0.4 is 0 Å². The molecule has 0 bridgehead atoms. The predicted octanol–water partition coefficient (Wildman–Crippen LogP) is 1.21. The molecule has 9 heavy (non-hydrogen) atoms.